The van der Waals surface area contributed by atoms with E-state index in [2.05, 4.69) is 84.4 Å². The number of aliphatic hydroxyl groups excluding tert-OH is 2. The number of ether oxygens (including phenoxy) is 3. The zero-order valence-corrected chi connectivity index (χ0v) is 45.7. The maximum absolute atomic E-state index is 14.0. The Hall–Kier alpha value is -6.73. The molecule has 0 saturated carbocycles. The third-order valence-electron chi connectivity index (χ3n) is 15.6. The molecule has 5 N–H and O–H groups in total. The summed E-state index contributed by atoms with van der Waals surface area (Å²) in [6.45, 7) is 13.0. The Morgan fingerprint density at radius 2 is 1.83 bits per heavy atom. The Labute approximate surface area is 459 Å². The molecule has 0 bridgehead atoms. The molecule has 1 unspecified atom stereocenters. The first kappa shape index (κ1) is 54.6. The molecule has 4 aliphatic heterocycles. The SMILES string of the molecule is Cc1cc([C@H](C(=O)N2C[C@H](O)C[C@H]2C(=O)NCc2ccc(-c3scnc3C)cc2OCCOCC(O)[C@H]2CN[C@H](CCOc3nc4c(c(N5CCN[C@@H](CC#N)C5)n3)CCN(c3cccc5ccccc35)C4)C2)C(C)C)on1. The van der Waals surface area contributed by atoms with Crippen LogP contribution in [0.2, 0.25) is 0 Å². The number of nitrogens with zero attached hydrogens (tertiary/aromatic N) is 8. The molecule has 4 aliphatic rings. The molecule has 3 fully saturated rings. The van der Waals surface area contributed by atoms with Crippen molar-refractivity contribution >= 4 is 45.4 Å². The second-order valence-corrected chi connectivity index (χ2v) is 22.3. The number of amides is 2. The summed E-state index contributed by atoms with van der Waals surface area (Å²) in [4.78, 5) is 49.5. The number of carbonyl (C=O) groups excluding carboxylic acids is 2. The summed E-state index contributed by atoms with van der Waals surface area (Å²) in [7, 11) is 0. The van der Waals surface area contributed by atoms with Crippen molar-refractivity contribution in [1.82, 2.24) is 41.0 Å². The number of nitrogens with one attached hydrogen (secondary N) is 3. The van der Waals surface area contributed by atoms with Crippen molar-refractivity contribution in [1.29, 1.82) is 5.26 Å². The first-order chi connectivity index (χ1) is 37.9. The van der Waals surface area contributed by atoms with E-state index in [1.807, 2.05) is 39.0 Å². The normalized spacial score (nSPS) is 21.2. The van der Waals surface area contributed by atoms with Crippen LogP contribution in [0.25, 0.3) is 21.2 Å². The van der Waals surface area contributed by atoms with E-state index in [1.54, 1.807) is 18.5 Å². The van der Waals surface area contributed by atoms with Crippen LogP contribution in [0.5, 0.6) is 11.8 Å². The van der Waals surface area contributed by atoms with Gasteiger partial charge in [0.05, 0.1) is 78.5 Å². The number of aromatic nitrogens is 4. The molecule has 2 amide bonds. The van der Waals surface area contributed by atoms with Gasteiger partial charge in [-0.2, -0.15) is 15.2 Å². The lowest BCUT2D eigenvalue weighted by molar-refractivity contribution is -0.141. The van der Waals surface area contributed by atoms with Gasteiger partial charge in [-0.15, -0.1) is 11.3 Å². The second kappa shape index (κ2) is 24.9. The molecule has 412 valence electrons. The van der Waals surface area contributed by atoms with Crippen LogP contribution in [0.4, 0.5) is 11.5 Å². The molecule has 19 nitrogen and oxygen atoms in total. The number of nitriles is 1. The standard InChI is InChI=1S/C58H71N11O8S/c1-35(2)53(52-24-36(3)66-77-52)57(73)69-31-44(70)27-49(69)56(72)62-28-40-13-12-39(54-37(4)63-34-78-54)26-51(40)75-23-22-74-33-50(71)41-25-42(61-29-41)16-21-76-58-64-47-32-67(48-11-7-9-38-8-5-6-10-45(38)48)19-15-46(47)55(65-58)68-20-18-60-43(30-68)14-17-59/h5-13,24,26,34-35,41-44,49-50,53,60-61,70-71H,14-16,18-23,25,27-33H2,1-4H3,(H,62,72)/t41-,42-,43+,44-,49+,50?,53-/m1/s1. The van der Waals surface area contributed by atoms with Crippen LogP contribution in [0.3, 0.4) is 0 Å². The number of fused-ring (bicyclic) bond motifs is 2. The predicted octanol–water partition coefficient (Wildman–Crippen LogP) is 5.83. The lowest BCUT2D eigenvalue weighted by Crippen LogP contribution is -2.51. The highest BCUT2D eigenvalue weighted by Crippen LogP contribution is 2.37. The van der Waals surface area contributed by atoms with Crippen molar-refractivity contribution in [2.24, 2.45) is 11.8 Å². The van der Waals surface area contributed by atoms with Crippen LogP contribution in [0, 0.1) is 37.0 Å². The van der Waals surface area contributed by atoms with E-state index in [-0.39, 0.29) is 75.1 Å². The predicted molar refractivity (Wildman–Crippen MR) is 296 cm³/mol. The van der Waals surface area contributed by atoms with Crippen molar-refractivity contribution in [2.45, 2.75) is 109 Å². The van der Waals surface area contributed by atoms with Crippen molar-refractivity contribution < 1.29 is 38.5 Å². The third-order valence-corrected chi connectivity index (χ3v) is 16.5. The number of piperazine rings is 1. The van der Waals surface area contributed by atoms with Crippen LogP contribution in [-0.2, 0) is 33.8 Å². The summed E-state index contributed by atoms with van der Waals surface area (Å²) in [5.41, 5.74) is 8.28. The fourth-order valence-electron chi connectivity index (χ4n) is 11.5. The quantitative estimate of drug-likeness (QED) is 0.0533. The van der Waals surface area contributed by atoms with E-state index < -0.39 is 24.2 Å². The smallest absolute Gasteiger partial charge is 0.318 e. The summed E-state index contributed by atoms with van der Waals surface area (Å²) < 4.78 is 24.2. The second-order valence-electron chi connectivity index (χ2n) is 21.4. The fraction of sp³-hybridized carbons (Fsp3) is 0.500. The molecule has 20 heteroatoms. The highest BCUT2D eigenvalue weighted by Gasteiger charge is 2.43. The van der Waals surface area contributed by atoms with Crippen molar-refractivity contribution in [3.63, 3.8) is 0 Å². The Bertz CT molecular complexity index is 3080. The van der Waals surface area contributed by atoms with Gasteiger partial charge in [-0.1, -0.05) is 67.5 Å². The number of aliphatic hydroxyl groups is 2. The summed E-state index contributed by atoms with van der Waals surface area (Å²) in [5, 5.41) is 47.9. The molecular weight excluding hydrogens is 1010 g/mol. The minimum atomic E-state index is -0.869. The number of anilines is 2. The number of thiazole rings is 1. The van der Waals surface area contributed by atoms with Gasteiger partial charge in [0.25, 0.3) is 0 Å². The summed E-state index contributed by atoms with van der Waals surface area (Å²) in [5.74, 6) is 0.421. The van der Waals surface area contributed by atoms with Crippen LogP contribution in [0.1, 0.15) is 79.4 Å². The van der Waals surface area contributed by atoms with Gasteiger partial charge in [0.15, 0.2) is 0 Å². The Morgan fingerprint density at radius 3 is 2.64 bits per heavy atom. The van der Waals surface area contributed by atoms with Crippen LogP contribution in [0.15, 0.2) is 76.8 Å². The number of benzene rings is 3. The molecule has 7 atom stereocenters. The molecule has 78 heavy (non-hydrogen) atoms. The van der Waals surface area contributed by atoms with Crippen molar-refractivity contribution in [2.75, 3.05) is 75.5 Å². The average molecular weight is 1080 g/mol. The van der Waals surface area contributed by atoms with Gasteiger partial charge in [-0.05, 0) is 62.1 Å². The van der Waals surface area contributed by atoms with Gasteiger partial charge < -0.3 is 59.6 Å². The molecule has 7 heterocycles. The molecule has 3 saturated heterocycles. The first-order valence-corrected chi connectivity index (χ1v) is 28.2. The van der Waals surface area contributed by atoms with Crippen molar-refractivity contribution in [3.8, 4) is 28.3 Å². The number of hydrogen-bond acceptors (Lipinski definition) is 18. The fourth-order valence-corrected chi connectivity index (χ4v) is 12.3. The van der Waals surface area contributed by atoms with Gasteiger partial charge in [0.1, 0.15) is 35.9 Å². The zero-order valence-electron chi connectivity index (χ0n) is 44.9. The Balaban J connectivity index is 0.720. The third kappa shape index (κ3) is 12.6. The Kier molecular flexibility index (Phi) is 17.5. The monoisotopic (exact) mass is 1080 g/mol. The average Bonchev–Trinajstić information content (AvgIpc) is 4.34. The van der Waals surface area contributed by atoms with Crippen LogP contribution in [-0.4, -0.2) is 143 Å². The number of likely N-dealkylation sites (tertiary alicyclic amines) is 1. The number of carbonyl (C=O) groups is 2. The van der Waals surface area contributed by atoms with E-state index in [9.17, 15) is 25.1 Å². The molecule has 0 spiro atoms. The van der Waals surface area contributed by atoms with E-state index >= 15 is 0 Å². The minimum Gasteiger partial charge on any atom is -0.491 e. The van der Waals surface area contributed by atoms with Gasteiger partial charge in [-0.25, -0.2) is 4.98 Å². The van der Waals surface area contributed by atoms with Gasteiger partial charge in [-0.3, -0.25) is 9.59 Å². The minimum absolute atomic E-state index is 0.0130. The summed E-state index contributed by atoms with van der Waals surface area (Å²) >= 11 is 1.53. The maximum atomic E-state index is 14.0. The van der Waals surface area contributed by atoms with Gasteiger partial charge >= 0.3 is 6.01 Å². The molecule has 10 rings (SSSR count). The number of hydrogen-bond donors (Lipinski definition) is 5. The van der Waals surface area contributed by atoms with Crippen LogP contribution < -0.4 is 35.2 Å². The molecular formula is C58H71N11O8S. The van der Waals surface area contributed by atoms with Crippen molar-refractivity contribution in [3.05, 3.63) is 106 Å². The lowest BCUT2D eigenvalue weighted by Gasteiger charge is -2.37. The van der Waals surface area contributed by atoms with E-state index in [0.29, 0.717) is 62.3 Å². The summed E-state index contributed by atoms with van der Waals surface area (Å²) in [6.07, 6.45) is 1.26. The van der Waals surface area contributed by atoms with Gasteiger partial charge in [0, 0.05) is 98.5 Å². The molecule has 3 aromatic heterocycles. The molecule has 6 aromatic rings. The van der Waals surface area contributed by atoms with Crippen LogP contribution >= 0.6 is 11.3 Å². The van der Waals surface area contributed by atoms with E-state index in [4.69, 9.17) is 28.7 Å². The van der Waals surface area contributed by atoms with Gasteiger partial charge in [0.2, 0.25) is 11.8 Å². The number of rotatable bonds is 21. The Morgan fingerprint density at radius 1 is 0.974 bits per heavy atom. The zero-order chi connectivity index (χ0) is 54.3. The lowest BCUT2D eigenvalue weighted by atomic mass is 9.91. The summed E-state index contributed by atoms with van der Waals surface area (Å²) in [6, 6.07) is 24.5. The maximum Gasteiger partial charge on any atom is 0.318 e. The highest BCUT2D eigenvalue weighted by atomic mass is 32.1. The molecule has 0 radical (unpaired) electrons. The molecule has 3 aromatic carbocycles. The first-order valence-electron chi connectivity index (χ1n) is 27.4. The largest absolute Gasteiger partial charge is 0.491 e. The number of aryl methyl sites for hydroxylation is 2. The topological polar surface area (TPSA) is 237 Å². The van der Waals surface area contributed by atoms with E-state index in [1.165, 1.54) is 32.7 Å². The molecule has 0 aliphatic carbocycles. The number of β-amino-alcohol motifs (C(OH)–C–C–N with tert-alkyl or cyclic N) is 1. The highest BCUT2D eigenvalue weighted by molar-refractivity contribution is 7.13. The van der Waals surface area contributed by atoms with E-state index in [0.717, 1.165) is 71.2 Å².